The van der Waals surface area contributed by atoms with Crippen molar-refractivity contribution in [3.63, 3.8) is 0 Å². The average molecular weight is 305 g/mol. The Morgan fingerprint density at radius 2 is 1.78 bits per heavy atom. The number of halogens is 1. The predicted molar refractivity (Wildman–Crippen MR) is 78.6 cm³/mol. The summed E-state index contributed by atoms with van der Waals surface area (Å²) in [6.45, 7) is 6.32. The predicted octanol–water partition coefficient (Wildman–Crippen LogP) is 3.82. The normalized spacial score (nSPS) is 12.5. The van der Waals surface area contributed by atoms with Gasteiger partial charge in [-0.2, -0.15) is 0 Å². The van der Waals surface area contributed by atoms with Gasteiger partial charge in [-0.05, 0) is 71.1 Å². The molecule has 3 heteroatoms. The minimum atomic E-state index is -0.195. The number of aryl methyl sites for hydroxylation is 3. The molecule has 1 aromatic carbocycles. The lowest BCUT2D eigenvalue weighted by atomic mass is 9.94. The summed E-state index contributed by atoms with van der Waals surface area (Å²) in [4.78, 5) is 4.38. The van der Waals surface area contributed by atoms with Crippen LogP contribution in [-0.2, 0) is 0 Å². The molecule has 0 saturated heterocycles. The van der Waals surface area contributed by atoms with Gasteiger partial charge in [0.2, 0.25) is 0 Å². The third kappa shape index (κ3) is 2.47. The van der Waals surface area contributed by atoms with Crippen molar-refractivity contribution in [2.75, 3.05) is 0 Å². The van der Waals surface area contributed by atoms with Crippen LogP contribution in [0.1, 0.15) is 34.0 Å². The zero-order valence-corrected chi connectivity index (χ0v) is 12.5. The topological polar surface area (TPSA) is 38.9 Å². The van der Waals surface area contributed by atoms with Gasteiger partial charge in [0.15, 0.2) is 0 Å². The molecule has 1 aromatic heterocycles. The van der Waals surface area contributed by atoms with Gasteiger partial charge < -0.3 is 5.73 Å². The fraction of sp³-hybridized carbons (Fsp3) is 0.267. The maximum absolute atomic E-state index is 6.34. The van der Waals surface area contributed by atoms with E-state index in [1.807, 2.05) is 12.1 Å². The Kier molecular flexibility index (Phi) is 3.83. The Morgan fingerprint density at radius 1 is 1.11 bits per heavy atom. The van der Waals surface area contributed by atoms with Crippen molar-refractivity contribution in [2.24, 2.45) is 5.73 Å². The first-order valence-electron chi connectivity index (χ1n) is 5.94. The fourth-order valence-corrected chi connectivity index (χ4v) is 2.59. The summed E-state index contributed by atoms with van der Waals surface area (Å²) in [5, 5.41) is 0. The Morgan fingerprint density at radius 3 is 2.44 bits per heavy atom. The van der Waals surface area contributed by atoms with Gasteiger partial charge in [0, 0.05) is 10.7 Å². The second-order valence-electron chi connectivity index (χ2n) is 4.64. The molecule has 0 aliphatic rings. The van der Waals surface area contributed by atoms with Crippen LogP contribution in [0.5, 0.6) is 0 Å². The second kappa shape index (κ2) is 5.21. The van der Waals surface area contributed by atoms with Crippen LogP contribution in [-0.4, -0.2) is 4.98 Å². The molecule has 0 bridgehead atoms. The highest BCUT2D eigenvalue weighted by atomic mass is 79.9. The molecule has 0 spiro atoms. The van der Waals surface area contributed by atoms with Crippen molar-refractivity contribution in [1.29, 1.82) is 0 Å². The van der Waals surface area contributed by atoms with Gasteiger partial charge in [-0.1, -0.05) is 12.1 Å². The van der Waals surface area contributed by atoms with E-state index in [1.165, 1.54) is 16.7 Å². The fourth-order valence-electron chi connectivity index (χ4n) is 2.09. The number of benzene rings is 1. The maximum Gasteiger partial charge on any atom is 0.0758 e. The molecule has 18 heavy (non-hydrogen) atoms. The van der Waals surface area contributed by atoms with E-state index in [0.717, 1.165) is 15.7 Å². The minimum absolute atomic E-state index is 0.195. The Hall–Kier alpha value is -1.19. The summed E-state index contributed by atoms with van der Waals surface area (Å²) < 4.78 is 0.954. The van der Waals surface area contributed by atoms with E-state index in [4.69, 9.17) is 5.73 Å². The smallest absolute Gasteiger partial charge is 0.0758 e. The van der Waals surface area contributed by atoms with E-state index < -0.39 is 0 Å². The van der Waals surface area contributed by atoms with Gasteiger partial charge in [0.05, 0.1) is 11.7 Å². The van der Waals surface area contributed by atoms with Crippen LogP contribution in [0.15, 0.2) is 34.9 Å². The van der Waals surface area contributed by atoms with Crippen LogP contribution in [0.25, 0.3) is 0 Å². The van der Waals surface area contributed by atoms with E-state index in [9.17, 15) is 0 Å². The molecule has 2 aromatic rings. The highest BCUT2D eigenvalue weighted by molar-refractivity contribution is 9.10. The van der Waals surface area contributed by atoms with Crippen molar-refractivity contribution in [2.45, 2.75) is 26.8 Å². The molecule has 1 heterocycles. The standard InChI is InChI=1S/C15H17BrN2/c1-9-7-11(3)12(8-10(9)2)14(17)15-13(16)5-4-6-18-15/h4-8,14H,17H2,1-3H3. The van der Waals surface area contributed by atoms with Crippen LogP contribution in [0, 0.1) is 20.8 Å². The van der Waals surface area contributed by atoms with E-state index in [1.54, 1.807) is 6.20 Å². The molecule has 2 rings (SSSR count). The molecule has 0 amide bonds. The highest BCUT2D eigenvalue weighted by Gasteiger charge is 2.16. The van der Waals surface area contributed by atoms with Gasteiger partial charge in [-0.15, -0.1) is 0 Å². The van der Waals surface area contributed by atoms with Gasteiger partial charge >= 0.3 is 0 Å². The van der Waals surface area contributed by atoms with E-state index in [0.29, 0.717) is 0 Å². The summed E-state index contributed by atoms with van der Waals surface area (Å²) in [7, 11) is 0. The van der Waals surface area contributed by atoms with Crippen molar-refractivity contribution in [3.8, 4) is 0 Å². The van der Waals surface area contributed by atoms with Gasteiger partial charge in [-0.3, -0.25) is 4.98 Å². The van der Waals surface area contributed by atoms with Gasteiger partial charge in [-0.25, -0.2) is 0 Å². The second-order valence-corrected chi connectivity index (χ2v) is 5.50. The van der Waals surface area contributed by atoms with E-state index in [-0.39, 0.29) is 6.04 Å². The Labute approximate surface area is 116 Å². The lowest BCUT2D eigenvalue weighted by Gasteiger charge is -2.17. The average Bonchev–Trinajstić information content (AvgIpc) is 2.33. The summed E-state index contributed by atoms with van der Waals surface area (Å²) >= 11 is 3.51. The molecule has 0 radical (unpaired) electrons. The van der Waals surface area contributed by atoms with E-state index >= 15 is 0 Å². The molecular formula is C15H17BrN2. The molecule has 0 aliphatic carbocycles. The Bertz CT molecular complexity index is 579. The van der Waals surface area contributed by atoms with Crippen LogP contribution < -0.4 is 5.73 Å². The summed E-state index contributed by atoms with van der Waals surface area (Å²) in [6.07, 6.45) is 1.77. The molecule has 1 unspecified atom stereocenters. The number of rotatable bonds is 2. The van der Waals surface area contributed by atoms with Crippen molar-refractivity contribution >= 4 is 15.9 Å². The minimum Gasteiger partial charge on any atom is -0.319 e. The van der Waals surface area contributed by atoms with E-state index in [2.05, 4.69) is 53.8 Å². The lowest BCUT2D eigenvalue weighted by Crippen LogP contribution is -2.16. The van der Waals surface area contributed by atoms with Gasteiger partial charge in [0.1, 0.15) is 0 Å². The van der Waals surface area contributed by atoms with Crippen molar-refractivity contribution < 1.29 is 0 Å². The molecule has 0 saturated carbocycles. The van der Waals surface area contributed by atoms with Crippen LogP contribution >= 0.6 is 15.9 Å². The highest BCUT2D eigenvalue weighted by Crippen LogP contribution is 2.28. The molecule has 1 atom stereocenters. The molecule has 94 valence electrons. The quantitative estimate of drug-likeness (QED) is 0.916. The molecule has 2 N–H and O–H groups in total. The summed E-state index contributed by atoms with van der Waals surface area (Å²) in [5.74, 6) is 0. The zero-order chi connectivity index (χ0) is 13.3. The number of nitrogens with two attached hydrogens (primary N) is 1. The first kappa shape index (κ1) is 13.2. The molecular weight excluding hydrogens is 288 g/mol. The lowest BCUT2D eigenvalue weighted by molar-refractivity contribution is 0.812. The monoisotopic (exact) mass is 304 g/mol. The van der Waals surface area contributed by atoms with Crippen molar-refractivity contribution in [3.05, 3.63) is 62.9 Å². The number of hydrogen-bond acceptors (Lipinski definition) is 2. The maximum atomic E-state index is 6.34. The molecule has 0 fully saturated rings. The third-order valence-electron chi connectivity index (χ3n) is 3.30. The van der Waals surface area contributed by atoms with Crippen LogP contribution in [0.3, 0.4) is 0 Å². The van der Waals surface area contributed by atoms with Crippen molar-refractivity contribution in [1.82, 2.24) is 4.98 Å². The molecule has 2 nitrogen and oxygen atoms in total. The zero-order valence-electron chi connectivity index (χ0n) is 10.9. The third-order valence-corrected chi connectivity index (χ3v) is 3.97. The van der Waals surface area contributed by atoms with Crippen LogP contribution in [0.2, 0.25) is 0 Å². The SMILES string of the molecule is Cc1cc(C)c(C(N)c2ncccc2Br)cc1C. The number of nitrogens with zero attached hydrogens (tertiary/aromatic N) is 1. The number of aromatic nitrogens is 1. The largest absolute Gasteiger partial charge is 0.319 e. The van der Waals surface area contributed by atoms with Crippen LogP contribution in [0.4, 0.5) is 0 Å². The molecule has 0 aliphatic heterocycles. The summed E-state index contributed by atoms with van der Waals surface area (Å²) in [5.41, 5.74) is 12.1. The number of hydrogen-bond donors (Lipinski definition) is 1. The number of pyridine rings is 1. The first-order chi connectivity index (χ1) is 8.50. The van der Waals surface area contributed by atoms with Gasteiger partial charge in [0.25, 0.3) is 0 Å². The first-order valence-corrected chi connectivity index (χ1v) is 6.73. The Balaban J connectivity index is 2.50. The summed E-state index contributed by atoms with van der Waals surface area (Å²) in [6, 6.07) is 8.02.